The standard InChI is InChI=1S/C9H11NO3/c1-2-12-9(11)13-8-5-3-4-7(10)6-8/h3-6H,2,10H2,1H3. The van der Waals surface area contributed by atoms with Crippen molar-refractivity contribution in [2.24, 2.45) is 0 Å². The normalized spacial score (nSPS) is 9.31. The molecule has 0 unspecified atom stereocenters. The SMILES string of the molecule is CCOC(=O)Oc1cccc(N)c1. The van der Waals surface area contributed by atoms with Crippen LogP contribution in [0.3, 0.4) is 0 Å². The van der Waals surface area contributed by atoms with Crippen LogP contribution in [-0.4, -0.2) is 12.8 Å². The second-order valence-corrected chi connectivity index (χ2v) is 2.36. The maximum Gasteiger partial charge on any atom is 0.513 e. The van der Waals surface area contributed by atoms with Gasteiger partial charge in [-0.25, -0.2) is 4.79 Å². The topological polar surface area (TPSA) is 61.5 Å². The molecule has 1 rings (SSSR count). The first-order chi connectivity index (χ1) is 6.22. The van der Waals surface area contributed by atoms with E-state index in [9.17, 15) is 4.79 Å². The summed E-state index contributed by atoms with van der Waals surface area (Å²) in [5.74, 6) is 0.387. The Morgan fingerprint density at radius 3 is 2.92 bits per heavy atom. The summed E-state index contributed by atoms with van der Waals surface area (Å²) in [5.41, 5.74) is 6.02. The first-order valence-corrected chi connectivity index (χ1v) is 3.92. The highest BCUT2D eigenvalue weighted by Gasteiger charge is 2.03. The molecule has 2 N–H and O–H groups in total. The fourth-order valence-electron chi connectivity index (χ4n) is 0.822. The smallest absolute Gasteiger partial charge is 0.434 e. The number of ether oxygens (including phenoxy) is 2. The highest BCUT2D eigenvalue weighted by Crippen LogP contribution is 2.14. The molecule has 4 heteroatoms. The van der Waals surface area contributed by atoms with E-state index in [1.165, 1.54) is 0 Å². The van der Waals surface area contributed by atoms with Gasteiger partial charge in [0.2, 0.25) is 0 Å². The molecular weight excluding hydrogens is 170 g/mol. The van der Waals surface area contributed by atoms with E-state index < -0.39 is 6.16 Å². The van der Waals surface area contributed by atoms with Crippen molar-refractivity contribution in [3.8, 4) is 5.75 Å². The van der Waals surface area contributed by atoms with Gasteiger partial charge in [0.05, 0.1) is 6.61 Å². The average molecular weight is 181 g/mol. The number of hydrogen-bond donors (Lipinski definition) is 1. The van der Waals surface area contributed by atoms with Gasteiger partial charge in [0.1, 0.15) is 5.75 Å². The van der Waals surface area contributed by atoms with Crippen molar-refractivity contribution in [1.29, 1.82) is 0 Å². The Kier molecular flexibility index (Phi) is 3.14. The largest absolute Gasteiger partial charge is 0.513 e. The summed E-state index contributed by atoms with van der Waals surface area (Å²) < 4.78 is 9.38. The van der Waals surface area contributed by atoms with Crippen molar-refractivity contribution in [2.45, 2.75) is 6.92 Å². The van der Waals surface area contributed by atoms with Crippen molar-refractivity contribution in [2.75, 3.05) is 12.3 Å². The van der Waals surface area contributed by atoms with Crippen LogP contribution in [0.5, 0.6) is 5.75 Å². The zero-order valence-corrected chi connectivity index (χ0v) is 7.32. The lowest BCUT2D eigenvalue weighted by Gasteiger charge is -2.03. The third kappa shape index (κ3) is 3.02. The summed E-state index contributed by atoms with van der Waals surface area (Å²) in [6.07, 6.45) is -0.715. The summed E-state index contributed by atoms with van der Waals surface area (Å²) in [7, 11) is 0. The van der Waals surface area contributed by atoms with E-state index in [1.54, 1.807) is 31.2 Å². The first kappa shape index (κ1) is 9.38. The lowest BCUT2D eigenvalue weighted by molar-refractivity contribution is 0.104. The minimum absolute atomic E-state index is 0.293. The predicted octanol–water partition coefficient (Wildman–Crippen LogP) is 1.80. The summed E-state index contributed by atoms with van der Waals surface area (Å²) in [6.45, 7) is 2.00. The molecule has 0 radical (unpaired) electrons. The number of nitrogens with two attached hydrogens (primary N) is 1. The second-order valence-electron chi connectivity index (χ2n) is 2.36. The third-order valence-corrected chi connectivity index (χ3v) is 1.32. The summed E-state index contributed by atoms with van der Waals surface area (Å²) >= 11 is 0. The quantitative estimate of drug-likeness (QED) is 0.429. The van der Waals surface area contributed by atoms with Crippen LogP contribution in [0.2, 0.25) is 0 Å². The number of rotatable bonds is 2. The maximum absolute atomic E-state index is 10.8. The third-order valence-electron chi connectivity index (χ3n) is 1.32. The minimum Gasteiger partial charge on any atom is -0.434 e. The first-order valence-electron chi connectivity index (χ1n) is 3.92. The minimum atomic E-state index is -0.715. The Balaban J connectivity index is 2.58. The molecule has 0 bridgehead atoms. The van der Waals surface area contributed by atoms with Gasteiger partial charge in [0, 0.05) is 11.8 Å². The van der Waals surface area contributed by atoms with E-state index in [-0.39, 0.29) is 0 Å². The maximum atomic E-state index is 10.8. The number of carbonyl (C=O) groups excluding carboxylic acids is 1. The molecule has 0 atom stereocenters. The monoisotopic (exact) mass is 181 g/mol. The number of carbonyl (C=O) groups is 1. The Labute approximate surface area is 76.3 Å². The van der Waals surface area contributed by atoms with E-state index in [2.05, 4.69) is 4.74 Å². The zero-order valence-electron chi connectivity index (χ0n) is 7.32. The average Bonchev–Trinajstić information content (AvgIpc) is 2.04. The van der Waals surface area contributed by atoms with Gasteiger partial charge < -0.3 is 15.2 Å². The Morgan fingerprint density at radius 2 is 2.31 bits per heavy atom. The highest BCUT2D eigenvalue weighted by atomic mass is 16.7. The molecule has 13 heavy (non-hydrogen) atoms. The van der Waals surface area contributed by atoms with Crippen LogP contribution in [0, 0.1) is 0 Å². The van der Waals surface area contributed by atoms with Crippen molar-refractivity contribution in [1.82, 2.24) is 0 Å². The molecule has 1 aromatic carbocycles. The van der Waals surface area contributed by atoms with E-state index in [0.717, 1.165) is 0 Å². The van der Waals surface area contributed by atoms with Crippen LogP contribution in [0.1, 0.15) is 6.92 Å². The Morgan fingerprint density at radius 1 is 1.54 bits per heavy atom. The fourth-order valence-corrected chi connectivity index (χ4v) is 0.822. The van der Waals surface area contributed by atoms with Gasteiger partial charge in [-0.2, -0.15) is 0 Å². The van der Waals surface area contributed by atoms with E-state index in [4.69, 9.17) is 10.5 Å². The van der Waals surface area contributed by atoms with Gasteiger partial charge in [0.15, 0.2) is 0 Å². The molecule has 0 aliphatic carbocycles. The Hall–Kier alpha value is -1.71. The zero-order chi connectivity index (χ0) is 9.68. The lowest BCUT2D eigenvalue weighted by atomic mass is 10.3. The second kappa shape index (κ2) is 4.35. The molecule has 0 amide bonds. The van der Waals surface area contributed by atoms with Crippen molar-refractivity contribution >= 4 is 11.8 Å². The van der Waals surface area contributed by atoms with E-state index in [0.29, 0.717) is 18.0 Å². The van der Waals surface area contributed by atoms with Gasteiger partial charge in [-0.3, -0.25) is 0 Å². The molecular formula is C9H11NO3. The van der Waals surface area contributed by atoms with Crippen molar-refractivity contribution in [3.63, 3.8) is 0 Å². The molecule has 0 saturated carbocycles. The van der Waals surface area contributed by atoms with E-state index >= 15 is 0 Å². The molecule has 0 spiro atoms. The predicted molar refractivity (Wildman–Crippen MR) is 48.5 cm³/mol. The van der Waals surface area contributed by atoms with Crippen LogP contribution in [0.4, 0.5) is 10.5 Å². The van der Waals surface area contributed by atoms with Gasteiger partial charge in [0.25, 0.3) is 0 Å². The van der Waals surface area contributed by atoms with Gasteiger partial charge in [-0.05, 0) is 19.1 Å². The van der Waals surface area contributed by atoms with E-state index in [1.807, 2.05) is 0 Å². The summed E-state index contributed by atoms with van der Waals surface area (Å²) in [5, 5.41) is 0. The molecule has 0 fully saturated rings. The van der Waals surface area contributed by atoms with Gasteiger partial charge in [-0.1, -0.05) is 6.07 Å². The number of hydrogen-bond acceptors (Lipinski definition) is 4. The van der Waals surface area contributed by atoms with Crippen LogP contribution in [-0.2, 0) is 4.74 Å². The van der Waals surface area contributed by atoms with Gasteiger partial charge >= 0.3 is 6.16 Å². The highest BCUT2D eigenvalue weighted by molar-refractivity contribution is 5.64. The van der Waals surface area contributed by atoms with Gasteiger partial charge in [-0.15, -0.1) is 0 Å². The fraction of sp³-hybridized carbons (Fsp3) is 0.222. The molecule has 0 aliphatic heterocycles. The van der Waals surface area contributed by atoms with Crippen LogP contribution < -0.4 is 10.5 Å². The molecule has 0 aliphatic rings. The molecule has 70 valence electrons. The van der Waals surface area contributed by atoms with Crippen molar-refractivity contribution in [3.05, 3.63) is 24.3 Å². The number of nitrogen functional groups attached to an aromatic ring is 1. The molecule has 0 heterocycles. The summed E-state index contributed by atoms with van der Waals surface area (Å²) in [6, 6.07) is 6.59. The molecule has 1 aromatic rings. The Bertz CT molecular complexity index is 299. The van der Waals surface area contributed by atoms with Crippen molar-refractivity contribution < 1.29 is 14.3 Å². The number of benzene rings is 1. The number of anilines is 1. The molecule has 0 saturated heterocycles. The molecule has 4 nitrogen and oxygen atoms in total. The van der Waals surface area contributed by atoms with Crippen LogP contribution in [0.25, 0.3) is 0 Å². The van der Waals surface area contributed by atoms with Crippen LogP contribution >= 0.6 is 0 Å². The lowest BCUT2D eigenvalue weighted by Crippen LogP contribution is -2.09. The molecule has 0 aromatic heterocycles. The summed E-state index contributed by atoms with van der Waals surface area (Å²) in [4.78, 5) is 10.8. The van der Waals surface area contributed by atoms with Crippen LogP contribution in [0.15, 0.2) is 24.3 Å².